The van der Waals surface area contributed by atoms with Crippen LogP contribution >= 0.6 is 11.6 Å². The molecule has 0 aliphatic rings. The Morgan fingerprint density at radius 3 is 2.27 bits per heavy atom. The van der Waals surface area contributed by atoms with E-state index in [0.29, 0.717) is 16.1 Å². The first-order valence-corrected chi connectivity index (χ1v) is 9.85. The molecule has 2 N–H and O–H groups in total. The van der Waals surface area contributed by atoms with Crippen molar-refractivity contribution in [2.45, 2.75) is 17.9 Å². The van der Waals surface area contributed by atoms with Gasteiger partial charge in [-0.15, -0.1) is 0 Å². The van der Waals surface area contributed by atoms with Crippen molar-refractivity contribution in [1.82, 2.24) is 0 Å². The zero-order chi connectivity index (χ0) is 18.7. The van der Waals surface area contributed by atoms with Gasteiger partial charge in [0.25, 0.3) is 10.0 Å². The Labute approximate surface area is 158 Å². The minimum Gasteiger partial charge on any atom is -0.384 e. The van der Waals surface area contributed by atoms with Gasteiger partial charge in [-0.1, -0.05) is 59.6 Å². The lowest BCUT2D eigenvalue weighted by molar-refractivity contribution is 0.221. The van der Waals surface area contributed by atoms with Crippen LogP contribution in [0.15, 0.2) is 77.7 Å². The number of sulfonamides is 1. The Morgan fingerprint density at radius 2 is 1.62 bits per heavy atom. The van der Waals surface area contributed by atoms with Crippen LogP contribution in [0.4, 0.5) is 5.69 Å². The maximum absolute atomic E-state index is 12.7. The molecule has 3 aromatic rings. The summed E-state index contributed by atoms with van der Waals surface area (Å²) in [5.41, 5.74) is 2.28. The van der Waals surface area contributed by atoms with Crippen molar-refractivity contribution in [3.8, 4) is 0 Å². The van der Waals surface area contributed by atoms with Crippen LogP contribution in [0.2, 0.25) is 5.02 Å². The summed E-state index contributed by atoms with van der Waals surface area (Å²) >= 11 is 6.07. The van der Waals surface area contributed by atoms with E-state index < -0.39 is 16.1 Å². The zero-order valence-corrected chi connectivity index (χ0v) is 15.6. The summed E-state index contributed by atoms with van der Waals surface area (Å²) in [4.78, 5) is 0.151. The van der Waals surface area contributed by atoms with Gasteiger partial charge in [0, 0.05) is 10.6 Å². The van der Waals surface area contributed by atoms with Gasteiger partial charge in [0.15, 0.2) is 0 Å². The van der Waals surface area contributed by atoms with Crippen LogP contribution in [0.1, 0.15) is 22.8 Å². The molecule has 0 spiro atoms. The molecule has 6 heteroatoms. The largest absolute Gasteiger partial charge is 0.384 e. The number of aryl methyl sites for hydroxylation is 1. The highest BCUT2D eigenvalue weighted by atomic mass is 35.5. The highest BCUT2D eigenvalue weighted by molar-refractivity contribution is 7.92. The van der Waals surface area contributed by atoms with Crippen molar-refractivity contribution in [2.24, 2.45) is 0 Å². The quantitative estimate of drug-likeness (QED) is 0.675. The van der Waals surface area contributed by atoms with E-state index in [4.69, 9.17) is 11.6 Å². The third kappa shape index (κ3) is 4.07. The first-order chi connectivity index (χ1) is 12.4. The summed E-state index contributed by atoms with van der Waals surface area (Å²) < 4.78 is 27.9. The Bertz CT molecular complexity index is 1000. The molecule has 0 aliphatic heterocycles. The van der Waals surface area contributed by atoms with E-state index in [1.165, 1.54) is 0 Å². The number of halogens is 1. The molecular weight excluding hydrogens is 370 g/mol. The van der Waals surface area contributed by atoms with Gasteiger partial charge in [-0.25, -0.2) is 8.42 Å². The maximum atomic E-state index is 12.7. The second-order valence-electron chi connectivity index (χ2n) is 5.96. The lowest BCUT2D eigenvalue weighted by Gasteiger charge is -2.18. The molecule has 1 unspecified atom stereocenters. The lowest BCUT2D eigenvalue weighted by atomic mass is 10.0. The highest BCUT2D eigenvalue weighted by Crippen LogP contribution is 2.32. The minimum atomic E-state index is -3.79. The molecule has 1 atom stereocenters. The fourth-order valence-corrected chi connectivity index (χ4v) is 3.86. The molecule has 4 nitrogen and oxygen atoms in total. The van der Waals surface area contributed by atoms with Gasteiger partial charge < -0.3 is 5.11 Å². The van der Waals surface area contributed by atoms with Crippen LogP contribution in [0.3, 0.4) is 0 Å². The number of aliphatic hydroxyl groups is 1. The van der Waals surface area contributed by atoms with Gasteiger partial charge in [-0.3, -0.25) is 4.72 Å². The molecule has 0 saturated carbocycles. The van der Waals surface area contributed by atoms with Crippen LogP contribution < -0.4 is 4.72 Å². The van der Waals surface area contributed by atoms with E-state index >= 15 is 0 Å². The lowest BCUT2D eigenvalue weighted by Crippen LogP contribution is -2.15. The van der Waals surface area contributed by atoms with Gasteiger partial charge >= 0.3 is 0 Å². The molecule has 0 aliphatic carbocycles. The van der Waals surface area contributed by atoms with Gasteiger partial charge in [-0.2, -0.15) is 0 Å². The number of nitrogens with one attached hydrogen (secondary N) is 1. The minimum absolute atomic E-state index is 0.151. The normalized spacial score (nSPS) is 12.6. The Kier molecular flexibility index (Phi) is 5.32. The monoisotopic (exact) mass is 387 g/mol. The number of hydrogen-bond acceptors (Lipinski definition) is 3. The Morgan fingerprint density at radius 1 is 0.962 bits per heavy atom. The topological polar surface area (TPSA) is 66.4 Å². The molecule has 0 amide bonds. The predicted octanol–water partition coefficient (Wildman–Crippen LogP) is 4.53. The summed E-state index contributed by atoms with van der Waals surface area (Å²) in [6.07, 6.45) is -1.01. The molecule has 0 radical (unpaired) electrons. The van der Waals surface area contributed by atoms with E-state index in [1.807, 2.05) is 13.0 Å². The van der Waals surface area contributed by atoms with E-state index in [2.05, 4.69) is 4.72 Å². The fourth-order valence-electron chi connectivity index (χ4n) is 2.59. The van der Waals surface area contributed by atoms with Crippen LogP contribution in [0, 0.1) is 6.92 Å². The highest BCUT2D eigenvalue weighted by Gasteiger charge is 2.20. The molecule has 0 fully saturated rings. The predicted molar refractivity (Wildman–Crippen MR) is 104 cm³/mol. The van der Waals surface area contributed by atoms with Crippen LogP contribution in [0.5, 0.6) is 0 Å². The molecule has 0 heterocycles. The van der Waals surface area contributed by atoms with Crippen molar-refractivity contribution in [3.63, 3.8) is 0 Å². The number of anilines is 1. The molecule has 26 heavy (non-hydrogen) atoms. The average molecular weight is 388 g/mol. The summed E-state index contributed by atoms with van der Waals surface area (Å²) in [6, 6.07) is 20.2. The van der Waals surface area contributed by atoms with Crippen molar-refractivity contribution in [2.75, 3.05) is 4.72 Å². The van der Waals surface area contributed by atoms with Crippen molar-refractivity contribution in [1.29, 1.82) is 0 Å². The summed E-state index contributed by atoms with van der Waals surface area (Å²) in [5.74, 6) is 0. The average Bonchev–Trinajstić information content (AvgIpc) is 2.63. The molecule has 0 saturated heterocycles. The summed E-state index contributed by atoms with van der Waals surface area (Å²) in [6.45, 7) is 1.89. The van der Waals surface area contributed by atoms with Gasteiger partial charge in [0.05, 0.1) is 10.6 Å². The van der Waals surface area contributed by atoms with E-state index in [9.17, 15) is 13.5 Å². The fraction of sp³-hybridized carbons (Fsp3) is 0.100. The first-order valence-electron chi connectivity index (χ1n) is 7.99. The molecule has 0 aromatic heterocycles. The Balaban J connectivity index is 1.99. The van der Waals surface area contributed by atoms with E-state index in [1.54, 1.807) is 66.7 Å². The smallest absolute Gasteiger partial charge is 0.261 e. The molecule has 0 bridgehead atoms. The van der Waals surface area contributed by atoms with Crippen molar-refractivity contribution in [3.05, 3.63) is 94.5 Å². The van der Waals surface area contributed by atoms with Gasteiger partial charge in [0.1, 0.15) is 6.10 Å². The number of benzene rings is 3. The molecule has 3 rings (SSSR count). The van der Waals surface area contributed by atoms with Gasteiger partial charge in [0.2, 0.25) is 0 Å². The van der Waals surface area contributed by atoms with Crippen LogP contribution in [-0.2, 0) is 10.0 Å². The third-order valence-electron chi connectivity index (χ3n) is 4.00. The number of hydrogen-bond donors (Lipinski definition) is 2. The second-order valence-corrected chi connectivity index (χ2v) is 8.08. The van der Waals surface area contributed by atoms with Gasteiger partial charge in [-0.05, 0) is 42.8 Å². The Hall–Kier alpha value is -2.34. The first kappa shape index (κ1) is 18.5. The van der Waals surface area contributed by atoms with Crippen molar-refractivity contribution < 1.29 is 13.5 Å². The number of aliphatic hydroxyl groups excluding tert-OH is 1. The molecule has 3 aromatic carbocycles. The molecule has 134 valence electrons. The second kappa shape index (κ2) is 7.50. The van der Waals surface area contributed by atoms with Crippen molar-refractivity contribution >= 4 is 27.3 Å². The SMILES string of the molecule is Cc1ccc(S(=O)(=O)Nc2ccc(Cl)cc2C(O)c2ccccc2)cc1. The zero-order valence-electron chi connectivity index (χ0n) is 14.1. The summed E-state index contributed by atoms with van der Waals surface area (Å²) in [5, 5.41) is 11.1. The maximum Gasteiger partial charge on any atom is 0.261 e. The molecular formula is C20H18ClNO3S. The van der Waals surface area contributed by atoms with E-state index in [0.717, 1.165) is 5.56 Å². The van der Waals surface area contributed by atoms with Crippen LogP contribution in [0.25, 0.3) is 0 Å². The van der Waals surface area contributed by atoms with E-state index in [-0.39, 0.29) is 10.6 Å². The number of rotatable bonds is 5. The third-order valence-corrected chi connectivity index (χ3v) is 5.62. The summed E-state index contributed by atoms with van der Waals surface area (Å²) in [7, 11) is -3.79. The standard InChI is InChI=1S/C20H18ClNO3S/c1-14-7-10-17(11-8-14)26(24,25)22-19-12-9-16(21)13-18(19)20(23)15-5-3-2-4-6-15/h2-13,20,22-23H,1H3. The van der Waals surface area contributed by atoms with Crippen LogP contribution in [-0.4, -0.2) is 13.5 Å².